The van der Waals surface area contributed by atoms with Gasteiger partial charge in [-0.25, -0.2) is 0 Å². The van der Waals surface area contributed by atoms with Crippen LogP contribution in [0, 0.1) is 0 Å². The van der Waals surface area contributed by atoms with Crippen LogP contribution < -0.4 is 5.56 Å². The fraction of sp³-hybridized carbons (Fsp3) is 0. The maximum atomic E-state index is 10.8. The molecule has 2 N–H and O–H groups in total. The monoisotopic (exact) mass is 194 g/mol. The molecule has 66 valence electrons. The van der Waals surface area contributed by atoms with Crippen molar-refractivity contribution in [3.05, 3.63) is 45.7 Å². The fourth-order valence-electron chi connectivity index (χ4n) is 1.14. The highest BCUT2D eigenvalue weighted by Gasteiger charge is 1.99. The van der Waals surface area contributed by atoms with Gasteiger partial charge < -0.3 is 0 Å². The van der Waals surface area contributed by atoms with Crippen LogP contribution in [0.3, 0.4) is 0 Å². The summed E-state index contributed by atoms with van der Waals surface area (Å²) in [5, 5.41) is 5.87. The van der Waals surface area contributed by atoms with Gasteiger partial charge in [0.2, 0.25) is 0 Å². The van der Waals surface area contributed by atoms with E-state index in [1.165, 1.54) is 6.07 Å². The predicted molar refractivity (Wildman–Crippen MR) is 51.9 cm³/mol. The van der Waals surface area contributed by atoms with E-state index in [0.29, 0.717) is 5.02 Å². The van der Waals surface area contributed by atoms with Gasteiger partial charge in [-0.1, -0.05) is 23.7 Å². The Kier molecular flexibility index (Phi) is 1.94. The van der Waals surface area contributed by atoms with E-state index in [2.05, 4.69) is 10.2 Å². The number of halogens is 1. The van der Waals surface area contributed by atoms with Crippen LogP contribution in [0.4, 0.5) is 0 Å². The number of aromatic amines is 2. The molecule has 0 unspecified atom stereocenters. The lowest BCUT2D eigenvalue weighted by Crippen LogP contribution is -1.93. The standard InChI is InChI=1S/C9H7ClN2O/c10-7-3-1-2-6(4-7)8-5-9(13)12-11-8/h1-5H,(H2,11,12,13). The number of H-pyrrole nitrogens is 2. The molecule has 3 nitrogen and oxygen atoms in total. The number of rotatable bonds is 1. The summed E-state index contributed by atoms with van der Waals surface area (Å²) in [6.07, 6.45) is 0. The number of hydrogen-bond acceptors (Lipinski definition) is 1. The molecule has 0 atom stereocenters. The van der Waals surface area contributed by atoms with Crippen molar-refractivity contribution >= 4 is 11.6 Å². The van der Waals surface area contributed by atoms with E-state index in [1.807, 2.05) is 12.1 Å². The van der Waals surface area contributed by atoms with Gasteiger partial charge in [-0.15, -0.1) is 0 Å². The highest BCUT2D eigenvalue weighted by atomic mass is 35.5. The zero-order valence-corrected chi connectivity index (χ0v) is 7.43. The maximum Gasteiger partial charge on any atom is 0.264 e. The molecule has 2 aromatic rings. The van der Waals surface area contributed by atoms with Crippen LogP contribution in [0.25, 0.3) is 11.3 Å². The average molecular weight is 195 g/mol. The average Bonchev–Trinajstić information content (AvgIpc) is 2.52. The largest absolute Gasteiger partial charge is 0.298 e. The summed E-state index contributed by atoms with van der Waals surface area (Å²) in [6, 6.07) is 8.79. The van der Waals surface area contributed by atoms with Gasteiger partial charge in [-0.2, -0.15) is 0 Å². The Bertz CT molecular complexity index is 472. The third-order valence-electron chi connectivity index (χ3n) is 1.73. The number of nitrogens with one attached hydrogen (secondary N) is 2. The van der Waals surface area contributed by atoms with Crippen molar-refractivity contribution < 1.29 is 0 Å². The fourth-order valence-corrected chi connectivity index (χ4v) is 1.33. The van der Waals surface area contributed by atoms with Crippen molar-refractivity contribution in [2.45, 2.75) is 0 Å². The van der Waals surface area contributed by atoms with Gasteiger partial charge in [-0.3, -0.25) is 15.0 Å². The summed E-state index contributed by atoms with van der Waals surface area (Å²) in [7, 11) is 0. The van der Waals surface area contributed by atoms with E-state index in [-0.39, 0.29) is 5.56 Å². The normalized spacial score (nSPS) is 10.2. The molecule has 0 fully saturated rings. The molecule has 1 aromatic carbocycles. The molecule has 1 heterocycles. The molecular weight excluding hydrogens is 188 g/mol. The first-order chi connectivity index (χ1) is 6.25. The Balaban J connectivity index is 2.52. The summed E-state index contributed by atoms with van der Waals surface area (Å²) in [5.74, 6) is 0. The Morgan fingerprint density at radius 3 is 2.62 bits per heavy atom. The van der Waals surface area contributed by atoms with E-state index in [0.717, 1.165) is 11.3 Å². The van der Waals surface area contributed by atoms with E-state index >= 15 is 0 Å². The van der Waals surface area contributed by atoms with Crippen LogP contribution >= 0.6 is 11.6 Å². The highest BCUT2D eigenvalue weighted by molar-refractivity contribution is 6.30. The first-order valence-corrected chi connectivity index (χ1v) is 4.17. The number of aromatic nitrogens is 2. The van der Waals surface area contributed by atoms with Gasteiger partial charge in [0.05, 0.1) is 5.69 Å². The smallest absolute Gasteiger partial charge is 0.264 e. The van der Waals surface area contributed by atoms with Crippen molar-refractivity contribution in [1.29, 1.82) is 0 Å². The summed E-state index contributed by atoms with van der Waals surface area (Å²) in [5.41, 5.74) is 1.49. The second kappa shape index (κ2) is 3.11. The molecule has 0 saturated heterocycles. The summed E-state index contributed by atoms with van der Waals surface area (Å²) < 4.78 is 0. The van der Waals surface area contributed by atoms with Crippen molar-refractivity contribution in [1.82, 2.24) is 10.2 Å². The van der Waals surface area contributed by atoms with Crippen LogP contribution in [0.2, 0.25) is 5.02 Å². The first-order valence-electron chi connectivity index (χ1n) is 3.79. The molecule has 0 bridgehead atoms. The summed E-state index contributed by atoms with van der Waals surface area (Å²) in [4.78, 5) is 10.8. The quantitative estimate of drug-likeness (QED) is 0.717. The third-order valence-corrected chi connectivity index (χ3v) is 1.97. The predicted octanol–water partition coefficient (Wildman–Crippen LogP) is 2.02. The van der Waals surface area contributed by atoms with Gasteiger partial charge >= 0.3 is 0 Å². The van der Waals surface area contributed by atoms with Gasteiger partial charge in [0, 0.05) is 16.7 Å². The van der Waals surface area contributed by atoms with Crippen LogP contribution in [-0.4, -0.2) is 10.2 Å². The van der Waals surface area contributed by atoms with Gasteiger partial charge in [0.25, 0.3) is 5.56 Å². The first kappa shape index (κ1) is 8.13. The lowest BCUT2D eigenvalue weighted by molar-refractivity contribution is 1.06. The molecule has 0 radical (unpaired) electrons. The van der Waals surface area contributed by atoms with Crippen LogP contribution in [0.1, 0.15) is 0 Å². The van der Waals surface area contributed by atoms with E-state index in [1.54, 1.807) is 12.1 Å². The molecule has 0 saturated carbocycles. The molecule has 2 rings (SSSR count). The van der Waals surface area contributed by atoms with Gasteiger partial charge in [0.15, 0.2) is 0 Å². The Labute approximate surface area is 79.4 Å². The molecule has 0 aliphatic carbocycles. The van der Waals surface area contributed by atoms with Gasteiger partial charge in [0.1, 0.15) is 0 Å². The molecule has 1 aromatic heterocycles. The SMILES string of the molecule is O=c1cc(-c2cccc(Cl)c2)[nH][nH]1. The molecule has 13 heavy (non-hydrogen) atoms. The Morgan fingerprint density at radius 1 is 1.15 bits per heavy atom. The molecule has 0 spiro atoms. The van der Waals surface area contributed by atoms with Gasteiger partial charge in [-0.05, 0) is 12.1 Å². The van der Waals surface area contributed by atoms with Crippen molar-refractivity contribution in [3.8, 4) is 11.3 Å². The number of benzene rings is 1. The molecule has 0 aliphatic rings. The second-order valence-corrected chi connectivity index (χ2v) is 3.12. The zero-order valence-electron chi connectivity index (χ0n) is 6.67. The minimum Gasteiger partial charge on any atom is -0.298 e. The number of hydrogen-bond donors (Lipinski definition) is 2. The van der Waals surface area contributed by atoms with Crippen molar-refractivity contribution in [2.24, 2.45) is 0 Å². The highest BCUT2D eigenvalue weighted by Crippen LogP contribution is 2.18. The van der Waals surface area contributed by atoms with Crippen LogP contribution in [0.5, 0.6) is 0 Å². The Hall–Kier alpha value is -1.48. The molecule has 0 amide bonds. The van der Waals surface area contributed by atoms with E-state index < -0.39 is 0 Å². The van der Waals surface area contributed by atoms with E-state index in [9.17, 15) is 4.79 Å². The minimum atomic E-state index is -0.144. The second-order valence-electron chi connectivity index (χ2n) is 2.68. The molecule has 0 aliphatic heterocycles. The topological polar surface area (TPSA) is 48.6 Å². The van der Waals surface area contributed by atoms with Crippen LogP contribution in [-0.2, 0) is 0 Å². The summed E-state index contributed by atoms with van der Waals surface area (Å²) >= 11 is 5.80. The van der Waals surface area contributed by atoms with Crippen molar-refractivity contribution in [2.75, 3.05) is 0 Å². The Morgan fingerprint density at radius 2 is 2.00 bits per heavy atom. The summed E-state index contributed by atoms with van der Waals surface area (Å²) in [6.45, 7) is 0. The minimum absolute atomic E-state index is 0.144. The molecular formula is C9H7ClN2O. The van der Waals surface area contributed by atoms with Crippen molar-refractivity contribution in [3.63, 3.8) is 0 Å². The van der Waals surface area contributed by atoms with E-state index in [4.69, 9.17) is 11.6 Å². The maximum absolute atomic E-state index is 10.8. The zero-order chi connectivity index (χ0) is 9.26. The van der Waals surface area contributed by atoms with Crippen LogP contribution in [0.15, 0.2) is 35.1 Å². The molecule has 4 heteroatoms. The third kappa shape index (κ3) is 1.65. The lowest BCUT2D eigenvalue weighted by Gasteiger charge is -1.96. The lowest BCUT2D eigenvalue weighted by atomic mass is 10.2.